The number of carbonyl (C=O) groups is 3. The van der Waals surface area contributed by atoms with E-state index in [9.17, 15) is 14.4 Å². The largest absolute Gasteiger partial charge is 0.466 e. The Kier molecular flexibility index (Phi) is 7.29. The maximum Gasteiger partial charge on any atom is 0.305 e. The van der Waals surface area contributed by atoms with Crippen LogP contribution in [0.4, 0.5) is 0 Å². The summed E-state index contributed by atoms with van der Waals surface area (Å²) in [5.41, 5.74) is 3.54. The minimum absolute atomic E-state index is 0.000817. The van der Waals surface area contributed by atoms with E-state index in [2.05, 4.69) is 30.4 Å². The summed E-state index contributed by atoms with van der Waals surface area (Å²) in [6.45, 7) is 5.00. The number of hydrogen-bond donors (Lipinski definition) is 0. The van der Waals surface area contributed by atoms with E-state index in [0.717, 1.165) is 27.6 Å². The number of thiophene rings is 1. The van der Waals surface area contributed by atoms with Crippen molar-refractivity contribution in [1.29, 1.82) is 0 Å². The van der Waals surface area contributed by atoms with Crippen molar-refractivity contribution in [3.8, 4) is 0 Å². The third-order valence-electron chi connectivity index (χ3n) is 7.89. The van der Waals surface area contributed by atoms with Crippen LogP contribution in [0.25, 0.3) is 16.2 Å². The highest BCUT2D eigenvalue weighted by Gasteiger charge is 2.53. The van der Waals surface area contributed by atoms with Crippen LogP contribution < -0.4 is 0 Å². The molecule has 1 fully saturated rings. The predicted octanol–water partition coefficient (Wildman–Crippen LogP) is 6.44. The molecule has 1 saturated carbocycles. The smallest absolute Gasteiger partial charge is 0.305 e. The van der Waals surface area contributed by atoms with E-state index < -0.39 is 5.41 Å². The molecule has 1 amide bonds. The molecule has 3 aromatic rings. The summed E-state index contributed by atoms with van der Waals surface area (Å²) in [6, 6.07) is 14.3. The van der Waals surface area contributed by atoms with Gasteiger partial charge in [-0.05, 0) is 55.4 Å². The summed E-state index contributed by atoms with van der Waals surface area (Å²) in [5.74, 6) is -0.519. The maximum atomic E-state index is 14.1. The van der Waals surface area contributed by atoms with Gasteiger partial charge in [0.05, 0.1) is 12.0 Å². The molecule has 1 aromatic heterocycles. The van der Waals surface area contributed by atoms with Crippen molar-refractivity contribution in [3.63, 3.8) is 0 Å². The summed E-state index contributed by atoms with van der Waals surface area (Å²) < 4.78 is 6.17. The number of ether oxygens (including phenoxy) is 1. The van der Waals surface area contributed by atoms with E-state index in [0.29, 0.717) is 39.0 Å². The number of Topliss-reactive ketones (excluding diaryl/α,β-unsaturated/α-hetero) is 1. The highest BCUT2D eigenvalue weighted by Crippen LogP contribution is 2.50. The minimum Gasteiger partial charge on any atom is -0.466 e. The van der Waals surface area contributed by atoms with Gasteiger partial charge in [-0.25, -0.2) is 0 Å². The van der Waals surface area contributed by atoms with Crippen LogP contribution in [0.2, 0.25) is 0 Å². The molecule has 2 aliphatic carbocycles. The standard InChI is InChI=1S/C31H33NO4S/c1-3-36-28(33)12-7-17-32(19-21-13-14-22-8-6-9-23(22)18-21)30(35)31(2)16-15-26(31)29(34)25-20-37-27-11-5-4-10-24(25)27/h4-6,8,10-11,13-14,18,20,26H,3,7,9,12,15-17,19H2,1-2H3. The maximum absolute atomic E-state index is 14.1. The average Bonchev–Trinajstić information content (AvgIpc) is 3.53. The van der Waals surface area contributed by atoms with Crippen molar-refractivity contribution < 1.29 is 19.1 Å². The van der Waals surface area contributed by atoms with Crippen molar-refractivity contribution in [2.75, 3.05) is 13.2 Å². The summed E-state index contributed by atoms with van der Waals surface area (Å²) in [4.78, 5) is 41.6. The van der Waals surface area contributed by atoms with Gasteiger partial charge in [0.25, 0.3) is 0 Å². The van der Waals surface area contributed by atoms with Crippen LogP contribution in [-0.4, -0.2) is 35.7 Å². The number of hydrogen-bond acceptors (Lipinski definition) is 5. The molecule has 2 aliphatic rings. The van der Waals surface area contributed by atoms with E-state index in [4.69, 9.17) is 4.74 Å². The lowest BCUT2D eigenvalue weighted by molar-refractivity contribution is -0.151. The van der Waals surface area contributed by atoms with Gasteiger partial charge in [-0.1, -0.05) is 55.5 Å². The molecule has 192 valence electrons. The van der Waals surface area contributed by atoms with Crippen LogP contribution in [0, 0.1) is 11.3 Å². The monoisotopic (exact) mass is 515 g/mol. The molecule has 1 heterocycles. The average molecular weight is 516 g/mol. The van der Waals surface area contributed by atoms with Crippen LogP contribution in [0.1, 0.15) is 66.6 Å². The first kappa shape index (κ1) is 25.4. The Morgan fingerprint density at radius 1 is 1.16 bits per heavy atom. The molecule has 6 heteroatoms. The van der Waals surface area contributed by atoms with Gasteiger partial charge < -0.3 is 9.64 Å². The minimum atomic E-state index is -0.748. The topological polar surface area (TPSA) is 63.7 Å². The molecule has 0 saturated heterocycles. The van der Waals surface area contributed by atoms with Gasteiger partial charge in [-0.3, -0.25) is 14.4 Å². The lowest BCUT2D eigenvalue weighted by Crippen LogP contribution is -2.54. The number of fused-ring (bicyclic) bond motifs is 2. The zero-order chi connectivity index (χ0) is 26.0. The Labute approximate surface area is 222 Å². The number of ketones is 1. The van der Waals surface area contributed by atoms with E-state index in [1.165, 1.54) is 11.1 Å². The SMILES string of the molecule is CCOC(=O)CCCN(Cc1ccc2c(c1)CC=C2)C(=O)C1(C)CCC1C(=O)c1csc2ccccc12. The van der Waals surface area contributed by atoms with Crippen molar-refractivity contribution in [2.45, 2.75) is 52.5 Å². The van der Waals surface area contributed by atoms with Gasteiger partial charge in [0.15, 0.2) is 5.78 Å². The normalized spacial score (nSPS) is 19.9. The Morgan fingerprint density at radius 3 is 2.78 bits per heavy atom. The molecule has 0 aliphatic heterocycles. The molecule has 0 bridgehead atoms. The third-order valence-corrected chi connectivity index (χ3v) is 8.85. The fraction of sp³-hybridized carbons (Fsp3) is 0.387. The molecule has 0 N–H and O–H groups in total. The molecule has 2 atom stereocenters. The molecule has 37 heavy (non-hydrogen) atoms. The van der Waals surface area contributed by atoms with Crippen molar-refractivity contribution in [2.24, 2.45) is 11.3 Å². The molecule has 0 radical (unpaired) electrons. The van der Waals surface area contributed by atoms with Crippen LogP contribution in [0.15, 0.2) is 53.9 Å². The lowest BCUT2D eigenvalue weighted by atomic mass is 9.58. The molecular formula is C31H33NO4S. The van der Waals surface area contributed by atoms with Gasteiger partial charge in [0.1, 0.15) is 0 Å². The van der Waals surface area contributed by atoms with Gasteiger partial charge >= 0.3 is 5.97 Å². The predicted molar refractivity (Wildman–Crippen MR) is 147 cm³/mol. The number of esters is 1. The number of amides is 1. The van der Waals surface area contributed by atoms with E-state index in [-0.39, 0.29) is 30.0 Å². The summed E-state index contributed by atoms with van der Waals surface area (Å²) in [7, 11) is 0. The molecule has 2 aromatic carbocycles. The Bertz CT molecular complexity index is 1370. The summed E-state index contributed by atoms with van der Waals surface area (Å²) >= 11 is 1.57. The molecule has 5 rings (SSSR count). The summed E-state index contributed by atoms with van der Waals surface area (Å²) in [5, 5.41) is 2.91. The Morgan fingerprint density at radius 2 is 2.00 bits per heavy atom. The van der Waals surface area contributed by atoms with Gasteiger partial charge in [-0.15, -0.1) is 11.3 Å². The Balaban J connectivity index is 1.36. The second kappa shape index (κ2) is 10.6. The highest BCUT2D eigenvalue weighted by molar-refractivity contribution is 7.17. The van der Waals surface area contributed by atoms with Gasteiger partial charge in [-0.2, -0.15) is 0 Å². The quantitative estimate of drug-likeness (QED) is 0.230. The van der Waals surface area contributed by atoms with E-state index >= 15 is 0 Å². The molecule has 2 unspecified atom stereocenters. The Hall–Kier alpha value is -3.25. The molecule has 0 spiro atoms. The second-order valence-corrected chi connectivity index (χ2v) is 11.2. The molecule has 5 nitrogen and oxygen atoms in total. The van der Waals surface area contributed by atoms with Gasteiger partial charge in [0, 0.05) is 46.5 Å². The van der Waals surface area contributed by atoms with Crippen molar-refractivity contribution in [1.82, 2.24) is 4.90 Å². The lowest BCUT2D eigenvalue weighted by Gasteiger charge is -2.47. The van der Waals surface area contributed by atoms with Crippen molar-refractivity contribution in [3.05, 3.63) is 76.2 Å². The number of rotatable bonds is 10. The van der Waals surface area contributed by atoms with Crippen LogP contribution >= 0.6 is 11.3 Å². The fourth-order valence-electron chi connectivity index (χ4n) is 5.65. The van der Waals surface area contributed by atoms with E-state index in [1.54, 1.807) is 18.3 Å². The number of carbonyl (C=O) groups excluding carboxylic acids is 3. The first-order chi connectivity index (χ1) is 17.9. The molecular weight excluding hydrogens is 482 g/mol. The fourth-order valence-corrected chi connectivity index (χ4v) is 6.60. The van der Waals surface area contributed by atoms with Crippen LogP contribution in [0.5, 0.6) is 0 Å². The summed E-state index contributed by atoms with van der Waals surface area (Å²) in [6.07, 6.45) is 7.38. The zero-order valence-electron chi connectivity index (χ0n) is 21.5. The number of allylic oxidation sites excluding steroid dienone is 1. The second-order valence-electron chi connectivity index (χ2n) is 10.3. The van der Waals surface area contributed by atoms with E-state index in [1.807, 2.05) is 41.5 Å². The number of benzene rings is 2. The number of nitrogens with zero attached hydrogens (tertiary/aromatic N) is 1. The first-order valence-corrected chi connectivity index (χ1v) is 14.0. The zero-order valence-corrected chi connectivity index (χ0v) is 22.3. The van der Waals surface area contributed by atoms with Crippen LogP contribution in [0.3, 0.4) is 0 Å². The highest BCUT2D eigenvalue weighted by atomic mass is 32.1. The third kappa shape index (κ3) is 4.99. The van der Waals surface area contributed by atoms with Gasteiger partial charge in [0.2, 0.25) is 5.91 Å². The van der Waals surface area contributed by atoms with Crippen molar-refractivity contribution >= 4 is 45.2 Å². The first-order valence-electron chi connectivity index (χ1n) is 13.1. The van der Waals surface area contributed by atoms with Crippen LogP contribution in [-0.2, 0) is 27.3 Å².